The first-order chi connectivity index (χ1) is 6.99. The number of hydrogen-bond donors (Lipinski definition) is 2. The van der Waals surface area contributed by atoms with Crippen LogP contribution in [0.4, 0.5) is 0 Å². The molecule has 16 heavy (non-hydrogen) atoms. The molecule has 6 nitrogen and oxygen atoms in total. The third kappa shape index (κ3) is 6.19. The van der Waals surface area contributed by atoms with Gasteiger partial charge in [-0.1, -0.05) is 0 Å². The maximum absolute atomic E-state index is 11.3. The normalized spacial score (nSPS) is 10.3. The van der Waals surface area contributed by atoms with Crippen LogP contribution < -0.4 is 5.32 Å². The Bertz CT molecular complexity index is 435. The second-order valence-electron chi connectivity index (χ2n) is 2.78. The minimum absolute atomic E-state index is 0. The SMILES string of the molecule is O=C(NCCS(=O)(=O)O)c1cccnc1.[NaH]. The van der Waals surface area contributed by atoms with E-state index in [1.54, 1.807) is 12.1 Å². The zero-order valence-corrected chi connectivity index (χ0v) is 8.57. The number of nitrogens with one attached hydrogen (secondary N) is 1. The Morgan fingerprint density at radius 3 is 2.69 bits per heavy atom. The standard InChI is InChI=1S/C8H10N2O4S.Na.H/c11-8(7-2-1-3-9-6-7)10-4-5-15(12,13)14;;/h1-3,6H,4-5H2,(H,10,11)(H,12,13,14);;. The molecular weight excluding hydrogens is 243 g/mol. The Kier molecular flexibility index (Phi) is 6.77. The zero-order chi connectivity index (χ0) is 11.3. The van der Waals surface area contributed by atoms with Crippen LogP contribution in [0.15, 0.2) is 24.5 Å². The number of hydrogen-bond acceptors (Lipinski definition) is 4. The van der Waals surface area contributed by atoms with Gasteiger partial charge in [0.05, 0.1) is 11.3 Å². The molecule has 84 valence electrons. The predicted octanol–water partition coefficient (Wildman–Crippen LogP) is -0.949. The summed E-state index contributed by atoms with van der Waals surface area (Å²) in [6, 6.07) is 3.15. The van der Waals surface area contributed by atoms with Gasteiger partial charge in [-0.2, -0.15) is 8.42 Å². The quantitative estimate of drug-likeness (QED) is 0.533. The van der Waals surface area contributed by atoms with E-state index >= 15 is 0 Å². The Hall–Kier alpha value is -0.470. The van der Waals surface area contributed by atoms with Crippen molar-refractivity contribution in [3.05, 3.63) is 30.1 Å². The van der Waals surface area contributed by atoms with Gasteiger partial charge < -0.3 is 5.32 Å². The summed E-state index contributed by atoms with van der Waals surface area (Å²) in [4.78, 5) is 15.0. The van der Waals surface area contributed by atoms with Gasteiger partial charge in [0.15, 0.2) is 0 Å². The second kappa shape index (κ2) is 6.97. The van der Waals surface area contributed by atoms with E-state index in [0.717, 1.165) is 0 Å². The van der Waals surface area contributed by atoms with Crippen LogP contribution in [0.25, 0.3) is 0 Å². The van der Waals surface area contributed by atoms with E-state index in [0.29, 0.717) is 5.56 Å². The molecule has 0 aliphatic heterocycles. The summed E-state index contributed by atoms with van der Waals surface area (Å²) in [5.74, 6) is -0.925. The molecule has 1 aromatic rings. The minimum atomic E-state index is -4.03. The topological polar surface area (TPSA) is 96.4 Å². The van der Waals surface area contributed by atoms with Crippen molar-refractivity contribution in [3.63, 3.8) is 0 Å². The molecule has 0 radical (unpaired) electrons. The van der Waals surface area contributed by atoms with Gasteiger partial charge >= 0.3 is 29.6 Å². The third-order valence-corrected chi connectivity index (χ3v) is 2.29. The van der Waals surface area contributed by atoms with Gasteiger partial charge in [-0.3, -0.25) is 14.3 Å². The van der Waals surface area contributed by atoms with Gasteiger partial charge in [0.1, 0.15) is 0 Å². The first kappa shape index (κ1) is 15.5. The summed E-state index contributed by atoms with van der Waals surface area (Å²) in [5.41, 5.74) is 0.341. The van der Waals surface area contributed by atoms with Crippen LogP contribution in [0, 0.1) is 0 Å². The van der Waals surface area contributed by atoms with Crippen LogP contribution >= 0.6 is 0 Å². The average Bonchev–Trinajstić information content (AvgIpc) is 2.17. The van der Waals surface area contributed by atoms with Crippen molar-refractivity contribution in [2.75, 3.05) is 12.3 Å². The fourth-order valence-electron chi connectivity index (χ4n) is 0.893. The number of nitrogens with zero attached hydrogens (tertiary/aromatic N) is 1. The predicted molar refractivity (Wildman–Crippen MR) is 60.1 cm³/mol. The van der Waals surface area contributed by atoms with Crippen LogP contribution in [-0.4, -0.2) is 65.7 Å². The molecule has 1 aromatic heterocycles. The molecule has 1 heterocycles. The third-order valence-electron chi connectivity index (χ3n) is 1.57. The van der Waals surface area contributed by atoms with Gasteiger partial charge in [0.2, 0.25) is 0 Å². The molecule has 0 saturated heterocycles. The van der Waals surface area contributed by atoms with Crippen molar-refractivity contribution in [1.82, 2.24) is 10.3 Å². The van der Waals surface area contributed by atoms with Crippen LogP contribution in [0.3, 0.4) is 0 Å². The number of amides is 1. The fourth-order valence-corrected chi connectivity index (χ4v) is 1.25. The van der Waals surface area contributed by atoms with E-state index in [9.17, 15) is 13.2 Å². The van der Waals surface area contributed by atoms with Crippen molar-refractivity contribution in [3.8, 4) is 0 Å². The summed E-state index contributed by atoms with van der Waals surface area (Å²) >= 11 is 0. The van der Waals surface area contributed by atoms with Crippen molar-refractivity contribution in [1.29, 1.82) is 0 Å². The summed E-state index contributed by atoms with van der Waals surface area (Å²) in [6.45, 7) is -0.132. The van der Waals surface area contributed by atoms with Gasteiger partial charge in [0.25, 0.3) is 16.0 Å². The number of aromatic nitrogens is 1. The Morgan fingerprint density at radius 1 is 1.50 bits per heavy atom. The van der Waals surface area contributed by atoms with Crippen molar-refractivity contribution in [2.24, 2.45) is 0 Å². The maximum atomic E-state index is 11.3. The molecule has 0 aliphatic rings. The summed E-state index contributed by atoms with van der Waals surface area (Å²) < 4.78 is 29.1. The van der Waals surface area contributed by atoms with E-state index in [4.69, 9.17) is 4.55 Å². The molecule has 2 N–H and O–H groups in total. The first-order valence-corrected chi connectivity index (χ1v) is 5.73. The summed E-state index contributed by atoms with van der Waals surface area (Å²) in [7, 11) is -4.03. The van der Waals surface area contributed by atoms with Crippen LogP contribution in [0.1, 0.15) is 10.4 Å². The van der Waals surface area contributed by atoms with Crippen molar-refractivity contribution in [2.45, 2.75) is 0 Å². The van der Waals surface area contributed by atoms with Gasteiger partial charge in [-0.05, 0) is 12.1 Å². The van der Waals surface area contributed by atoms with Crippen LogP contribution in [-0.2, 0) is 10.1 Å². The van der Waals surface area contributed by atoms with E-state index in [2.05, 4.69) is 10.3 Å². The zero-order valence-electron chi connectivity index (χ0n) is 7.75. The van der Waals surface area contributed by atoms with E-state index in [-0.39, 0.29) is 36.1 Å². The molecule has 1 rings (SSSR count). The molecule has 1 amide bonds. The average molecular weight is 254 g/mol. The van der Waals surface area contributed by atoms with E-state index in [1.165, 1.54) is 12.4 Å². The molecule has 8 heteroatoms. The Labute approximate surface area is 115 Å². The molecule has 0 aliphatic carbocycles. The van der Waals surface area contributed by atoms with Crippen LogP contribution in [0.2, 0.25) is 0 Å². The molecule has 0 saturated carbocycles. The molecule has 0 fully saturated rings. The van der Waals surface area contributed by atoms with Crippen molar-refractivity contribution < 1.29 is 17.8 Å². The number of pyridine rings is 1. The molecule has 0 aromatic carbocycles. The molecule has 0 bridgehead atoms. The first-order valence-electron chi connectivity index (χ1n) is 4.12. The molecule has 0 spiro atoms. The number of carbonyl (C=O) groups is 1. The van der Waals surface area contributed by atoms with Gasteiger partial charge in [-0.15, -0.1) is 0 Å². The van der Waals surface area contributed by atoms with Gasteiger partial charge in [0, 0.05) is 18.9 Å². The molecule has 0 unspecified atom stereocenters. The van der Waals surface area contributed by atoms with Gasteiger partial charge in [-0.25, -0.2) is 0 Å². The Morgan fingerprint density at radius 2 is 2.19 bits per heavy atom. The Balaban J connectivity index is 0.00000225. The molecular formula is C8H11N2NaO4S. The monoisotopic (exact) mass is 254 g/mol. The van der Waals surface area contributed by atoms with E-state index < -0.39 is 21.8 Å². The summed E-state index contributed by atoms with van der Waals surface area (Å²) in [6.07, 6.45) is 2.89. The number of carbonyl (C=O) groups excluding carboxylic acids is 1. The number of rotatable bonds is 4. The summed E-state index contributed by atoms with van der Waals surface area (Å²) in [5, 5.41) is 2.34. The van der Waals surface area contributed by atoms with E-state index in [1.807, 2.05) is 0 Å². The molecule has 0 atom stereocenters. The van der Waals surface area contributed by atoms with Crippen LogP contribution in [0.5, 0.6) is 0 Å². The van der Waals surface area contributed by atoms with Crippen molar-refractivity contribution >= 4 is 45.6 Å². The fraction of sp³-hybridized carbons (Fsp3) is 0.250. The second-order valence-corrected chi connectivity index (χ2v) is 4.36.